The monoisotopic (exact) mass is 310 g/mol. The number of carboxylic acid groups (broad SMARTS) is 1. The third-order valence-electron chi connectivity index (χ3n) is 3.79. The largest absolute Gasteiger partial charge is 0.481 e. The van der Waals surface area contributed by atoms with E-state index in [1.54, 1.807) is 6.92 Å². The lowest BCUT2D eigenvalue weighted by atomic mass is 9.77. The number of aliphatic carboxylic acids is 1. The van der Waals surface area contributed by atoms with E-state index in [0.29, 0.717) is 0 Å². The predicted molar refractivity (Wildman–Crippen MR) is 65.3 cm³/mol. The van der Waals surface area contributed by atoms with Crippen molar-refractivity contribution in [2.75, 3.05) is 0 Å². The van der Waals surface area contributed by atoms with E-state index in [-0.39, 0.29) is 12.8 Å². The molecular formula is C14H15F5O2. The molecule has 21 heavy (non-hydrogen) atoms. The third kappa shape index (κ3) is 3.01. The van der Waals surface area contributed by atoms with Crippen molar-refractivity contribution in [3.63, 3.8) is 0 Å². The lowest BCUT2D eigenvalue weighted by molar-refractivity contribution is -0.148. The van der Waals surface area contributed by atoms with Gasteiger partial charge in [-0.1, -0.05) is 13.8 Å². The van der Waals surface area contributed by atoms with Crippen molar-refractivity contribution in [3.05, 3.63) is 34.6 Å². The molecule has 0 aliphatic rings. The van der Waals surface area contributed by atoms with Crippen LogP contribution in [0, 0.1) is 34.5 Å². The van der Waals surface area contributed by atoms with Crippen LogP contribution in [0.5, 0.6) is 0 Å². The first-order valence-electron chi connectivity index (χ1n) is 6.31. The Morgan fingerprint density at radius 2 is 1.43 bits per heavy atom. The van der Waals surface area contributed by atoms with E-state index in [1.165, 1.54) is 13.8 Å². The standard InChI is InChI=1S/C14H15F5O2/c1-4-14(3,13(20)21)5-6(2)7-8(15)10(17)12(19)11(18)9(7)16/h6H,4-5H2,1-3H3,(H,20,21). The van der Waals surface area contributed by atoms with E-state index in [4.69, 9.17) is 5.11 Å². The van der Waals surface area contributed by atoms with Gasteiger partial charge >= 0.3 is 5.97 Å². The minimum atomic E-state index is -2.22. The highest BCUT2D eigenvalue weighted by molar-refractivity contribution is 5.74. The number of halogens is 5. The van der Waals surface area contributed by atoms with Gasteiger partial charge in [-0.05, 0) is 25.7 Å². The van der Waals surface area contributed by atoms with Crippen LogP contribution in [0.25, 0.3) is 0 Å². The zero-order valence-corrected chi connectivity index (χ0v) is 11.7. The van der Waals surface area contributed by atoms with Crippen molar-refractivity contribution in [1.29, 1.82) is 0 Å². The molecule has 0 heterocycles. The zero-order valence-electron chi connectivity index (χ0n) is 11.7. The highest BCUT2D eigenvalue weighted by atomic mass is 19.2. The smallest absolute Gasteiger partial charge is 0.309 e. The van der Waals surface area contributed by atoms with Crippen molar-refractivity contribution in [2.24, 2.45) is 5.41 Å². The molecule has 0 saturated heterocycles. The van der Waals surface area contributed by atoms with Gasteiger partial charge in [0, 0.05) is 5.56 Å². The quantitative estimate of drug-likeness (QED) is 0.498. The Morgan fingerprint density at radius 3 is 1.76 bits per heavy atom. The molecule has 0 fully saturated rings. The molecule has 2 nitrogen and oxygen atoms in total. The van der Waals surface area contributed by atoms with Crippen LogP contribution in [-0.2, 0) is 4.79 Å². The molecule has 0 spiro atoms. The Kier molecular flexibility index (Phi) is 4.96. The van der Waals surface area contributed by atoms with E-state index in [9.17, 15) is 26.7 Å². The second-order valence-corrected chi connectivity index (χ2v) is 5.31. The van der Waals surface area contributed by atoms with Gasteiger partial charge in [-0.2, -0.15) is 0 Å². The molecule has 0 aliphatic heterocycles. The van der Waals surface area contributed by atoms with Crippen LogP contribution in [0.3, 0.4) is 0 Å². The summed E-state index contributed by atoms with van der Waals surface area (Å²) < 4.78 is 66.6. The zero-order chi connectivity index (χ0) is 16.5. The van der Waals surface area contributed by atoms with E-state index >= 15 is 0 Å². The Labute approximate surface area is 118 Å². The van der Waals surface area contributed by atoms with Crippen LogP contribution in [0.4, 0.5) is 22.0 Å². The van der Waals surface area contributed by atoms with Gasteiger partial charge in [0.05, 0.1) is 5.41 Å². The van der Waals surface area contributed by atoms with Crippen LogP contribution in [0.1, 0.15) is 45.1 Å². The molecule has 0 aromatic heterocycles. The van der Waals surface area contributed by atoms with Gasteiger partial charge in [-0.3, -0.25) is 4.79 Å². The average Bonchev–Trinajstić information content (AvgIpc) is 2.42. The molecule has 1 N–H and O–H groups in total. The first kappa shape index (κ1) is 17.4. The minimum Gasteiger partial charge on any atom is -0.481 e. The molecule has 2 unspecified atom stereocenters. The van der Waals surface area contributed by atoms with Crippen LogP contribution in [0.15, 0.2) is 0 Å². The Bertz CT molecular complexity index is 544. The highest BCUT2D eigenvalue weighted by Gasteiger charge is 2.36. The number of hydrogen-bond donors (Lipinski definition) is 1. The topological polar surface area (TPSA) is 37.3 Å². The molecule has 0 saturated carbocycles. The Balaban J connectivity index is 3.32. The molecule has 2 atom stereocenters. The summed E-state index contributed by atoms with van der Waals surface area (Å²) in [7, 11) is 0. The number of rotatable bonds is 5. The average molecular weight is 310 g/mol. The highest BCUT2D eigenvalue weighted by Crippen LogP contribution is 2.38. The number of benzene rings is 1. The maximum atomic E-state index is 13.7. The van der Waals surface area contributed by atoms with E-state index in [0.717, 1.165) is 0 Å². The lowest BCUT2D eigenvalue weighted by Gasteiger charge is -2.27. The molecule has 0 aliphatic carbocycles. The summed E-state index contributed by atoms with van der Waals surface area (Å²) in [5.41, 5.74) is -2.30. The molecule has 1 aromatic rings. The van der Waals surface area contributed by atoms with Crippen LogP contribution in [0.2, 0.25) is 0 Å². The summed E-state index contributed by atoms with van der Waals surface area (Å²) in [6.45, 7) is 4.16. The number of carboxylic acids is 1. The summed E-state index contributed by atoms with van der Waals surface area (Å²) in [4.78, 5) is 11.2. The molecule has 1 aromatic carbocycles. The van der Waals surface area contributed by atoms with Gasteiger partial charge in [0.1, 0.15) is 0 Å². The van der Waals surface area contributed by atoms with E-state index in [1.807, 2.05) is 0 Å². The van der Waals surface area contributed by atoms with Crippen molar-refractivity contribution in [1.82, 2.24) is 0 Å². The summed E-state index contributed by atoms with van der Waals surface area (Å²) in [6, 6.07) is 0. The van der Waals surface area contributed by atoms with Gasteiger partial charge in [-0.25, -0.2) is 22.0 Å². The first-order chi connectivity index (χ1) is 9.56. The first-order valence-corrected chi connectivity index (χ1v) is 6.31. The van der Waals surface area contributed by atoms with Crippen LogP contribution in [-0.4, -0.2) is 11.1 Å². The molecule has 7 heteroatoms. The second-order valence-electron chi connectivity index (χ2n) is 5.31. The number of hydrogen-bond acceptors (Lipinski definition) is 1. The summed E-state index contributed by atoms with van der Waals surface area (Å²) in [5, 5.41) is 9.12. The van der Waals surface area contributed by atoms with Gasteiger partial charge in [0.15, 0.2) is 23.3 Å². The lowest BCUT2D eigenvalue weighted by Crippen LogP contribution is -2.29. The summed E-state index contributed by atoms with van der Waals surface area (Å²) in [5.74, 6) is -12.4. The van der Waals surface area contributed by atoms with Crippen molar-refractivity contribution in [3.8, 4) is 0 Å². The van der Waals surface area contributed by atoms with Gasteiger partial charge < -0.3 is 5.11 Å². The van der Waals surface area contributed by atoms with Crippen molar-refractivity contribution < 1.29 is 31.9 Å². The fourth-order valence-corrected chi connectivity index (χ4v) is 2.22. The van der Waals surface area contributed by atoms with Crippen LogP contribution < -0.4 is 0 Å². The van der Waals surface area contributed by atoms with Crippen LogP contribution >= 0.6 is 0 Å². The van der Waals surface area contributed by atoms with E-state index < -0.39 is 52.0 Å². The third-order valence-corrected chi connectivity index (χ3v) is 3.79. The Hall–Kier alpha value is -1.66. The molecule has 0 amide bonds. The summed E-state index contributed by atoms with van der Waals surface area (Å²) in [6.07, 6.45) is -0.0980. The molecule has 0 bridgehead atoms. The fourth-order valence-electron chi connectivity index (χ4n) is 2.22. The fraction of sp³-hybridized carbons (Fsp3) is 0.500. The Morgan fingerprint density at radius 1 is 1.05 bits per heavy atom. The minimum absolute atomic E-state index is 0.155. The van der Waals surface area contributed by atoms with Gasteiger partial charge in [0.25, 0.3) is 0 Å². The van der Waals surface area contributed by atoms with Gasteiger partial charge in [-0.15, -0.1) is 0 Å². The van der Waals surface area contributed by atoms with Crippen molar-refractivity contribution >= 4 is 5.97 Å². The summed E-state index contributed by atoms with van der Waals surface area (Å²) >= 11 is 0. The normalized spacial score (nSPS) is 15.6. The molecular weight excluding hydrogens is 295 g/mol. The maximum Gasteiger partial charge on any atom is 0.309 e. The molecule has 1 rings (SSSR count). The van der Waals surface area contributed by atoms with E-state index in [2.05, 4.69) is 0 Å². The second kappa shape index (κ2) is 5.99. The van der Waals surface area contributed by atoms with Gasteiger partial charge in [0.2, 0.25) is 5.82 Å². The predicted octanol–water partition coefficient (Wildman–Crippen LogP) is 4.38. The maximum absolute atomic E-state index is 13.7. The molecule has 118 valence electrons. The van der Waals surface area contributed by atoms with Crippen molar-refractivity contribution in [2.45, 2.75) is 39.5 Å². The molecule has 0 radical (unpaired) electrons. The number of carbonyl (C=O) groups is 1. The SMILES string of the molecule is CCC(C)(CC(C)c1c(F)c(F)c(F)c(F)c1F)C(=O)O.